The first-order chi connectivity index (χ1) is 11.6. The molecule has 0 bridgehead atoms. The molecular formula is C14H20N6O3S. The van der Waals surface area contributed by atoms with Gasteiger partial charge in [-0.3, -0.25) is 9.69 Å². The average molecular weight is 352 g/mol. The highest BCUT2D eigenvalue weighted by Crippen LogP contribution is 2.31. The highest BCUT2D eigenvalue weighted by molar-refractivity contribution is 7.15. The summed E-state index contributed by atoms with van der Waals surface area (Å²) < 4.78 is 1.53. The van der Waals surface area contributed by atoms with Gasteiger partial charge in [-0.15, -0.1) is 0 Å². The number of carbonyl (C=O) groups is 1. The predicted octanol–water partition coefficient (Wildman–Crippen LogP) is 0.952. The second kappa shape index (κ2) is 7.14. The van der Waals surface area contributed by atoms with Crippen molar-refractivity contribution in [3.8, 4) is 0 Å². The van der Waals surface area contributed by atoms with E-state index in [2.05, 4.69) is 15.2 Å². The van der Waals surface area contributed by atoms with Crippen LogP contribution < -0.4 is 10.2 Å². The van der Waals surface area contributed by atoms with E-state index in [1.54, 1.807) is 11.6 Å². The molecule has 0 spiro atoms. The van der Waals surface area contributed by atoms with Crippen LogP contribution in [0.4, 0.5) is 11.6 Å². The number of hydrogen-bond acceptors (Lipinski definition) is 7. The van der Waals surface area contributed by atoms with Crippen LogP contribution in [0.25, 0.3) is 4.96 Å². The number of rotatable bonds is 5. The molecule has 9 nitrogen and oxygen atoms in total. The van der Waals surface area contributed by atoms with E-state index in [0.717, 1.165) is 13.0 Å². The Kier molecular flexibility index (Phi) is 4.95. The molecule has 1 aliphatic heterocycles. The quantitative estimate of drug-likeness (QED) is 0.636. The Hall–Kier alpha value is -2.20. The molecule has 1 fully saturated rings. The summed E-state index contributed by atoms with van der Waals surface area (Å²) in [7, 11) is 0. The number of nitro groups is 1. The highest BCUT2D eigenvalue weighted by atomic mass is 32.1. The first-order valence-electron chi connectivity index (χ1n) is 7.94. The average Bonchev–Trinajstić information content (AvgIpc) is 3.03. The molecule has 130 valence electrons. The molecule has 0 aromatic carbocycles. The maximum atomic E-state index is 11.7. The summed E-state index contributed by atoms with van der Waals surface area (Å²) in [5, 5.41) is 16.0. The SMILES string of the molecule is CCNC(=O)CN1CCCN(c2nc3sccn3c2[N+](=O)[O-])CC1. The summed E-state index contributed by atoms with van der Waals surface area (Å²) >= 11 is 1.38. The number of aromatic nitrogens is 2. The summed E-state index contributed by atoms with van der Waals surface area (Å²) in [5.74, 6) is 0.453. The molecule has 10 heteroatoms. The molecule has 0 atom stereocenters. The van der Waals surface area contributed by atoms with Crippen molar-refractivity contribution < 1.29 is 9.72 Å². The summed E-state index contributed by atoms with van der Waals surface area (Å²) in [5.41, 5.74) is 0. The zero-order valence-corrected chi connectivity index (χ0v) is 14.3. The van der Waals surface area contributed by atoms with Gasteiger partial charge in [0.1, 0.15) is 6.20 Å². The number of fused-ring (bicyclic) bond motifs is 1. The highest BCUT2D eigenvalue weighted by Gasteiger charge is 2.29. The number of carbonyl (C=O) groups excluding carboxylic acids is 1. The lowest BCUT2D eigenvalue weighted by Gasteiger charge is -2.21. The zero-order chi connectivity index (χ0) is 17.1. The van der Waals surface area contributed by atoms with Crippen LogP contribution in [0.5, 0.6) is 0 Å². The van der Waals surface area contributed by atoms with Crippen LogP contribution in [-0.4, -0.2) is 64.4 Å². The van der Waals surface area contributed by atoms with E-state index in [0.29, 0.717) is 43.5 Å². The Balaban J connectivity index is 1.74. The topological polar surface area (TPSA) is 96.0 Å². The number of amides is 1. The van der Waals surface area contributed by atoms with Gasteiger partial charge in [0.05, 0.1) is 6.54 Å². The van der Waals surface area contributed by atoms with E-state index < -0.39 is 0 Å². The maximum absolute atomic E-state index is 11.7. The third kappa shape index (κ3) is 3.34. The lowest BCUT2D eigenvalue weighted by atomic mass is 10.3. The van der Waals surface area contributed by atoms with E-state index in [1.165, 1.54) is 15.7 Å². The standard InChI is InChI=1S/C14H20N6O3S/c1-2-15-11(21)10-17-4-3-5-18(7-6-17)12-13(20(22)23)19-8-9-24-14(19)16-12/h8-9H,2-7,10H2,1H3,(H,15,21). The Labute approximate surface area is 143 Å². The number of hydrogen-bond donors (Lipinski definition) is 1. The van der Waals surface area contributed by atoms with Crippen molar-refractivity contribution in [1.29, 1.82) is 0 Å². The fourth-order valence-electron chi connectivity index (χ4n) is 2.94. The van der Waals surface area contributed by atoms with E-state index in [1.807, 2.05) is 11.8 Å². The van der Waals surface area contributed by atoms with Crippen molar-refractivity contribution in [2.75, 3.05) is 44.2 Å². The zero-order valence-electron chi connectivity index (χ0n) is 13.5. The molecule has 3 heterocycles. The Morgan fingerprint density at radius 2 is 2.25 bits per heavy atom. The van der Waals surface area contributed by atoms with Crippen LogP contribution in [0.15, 0.2) is 11.6 Å². The van der Waals surface area contributed by atoms with Crippen LogP contribution in [0.3, 0.4) is 0 Å². The second-order valence-corrected chi connectivity index (χ2v) is 6.51. The molecule has 1 amide bonds. The van der Waals surface area contributed by atoms with Crippen LogP contribution in [0.1, 0.15) is 13.3 Å². The van der Waals surface area contributed by atoms with Crippen molar-refractivity contribution in [3.63, 3.8) is 0 Å². The maximum Gasteiger partial charge on any atom is 0.373 e. The molecular weight excluding hydrogens is 332 g/mol. The fraction of sp³-hybridized carbons (Fsp3) is 0.571. The van der Waals surface area contributed by atoms with Gasteiger partial charge in [-0.1, -0.05) is 11.3 Å². The predicted molar refractivity (Wildman–Crippen MR) is 91.7 cm³/mol. The van der Waals surface area contributed by atoms with Crippen LogP contribution >= 0.6 is 11.3 Å². The molecule has 2 aromatic heterocycles. The summed E-state index contributed by atoms with van der Waals surface area (Å²) in [6.45, 7) is 5.66. The van der Waals surface area contributed by atoms with Gasteiger partial charge in [-0.2, -0.15) is 9.38 Å². The van der Waals surface area contributed by atoms with E-state index in [4.69, 9.17) is 0 Å². The fourth-order valence-corrected chi connectivity index (χ4v) is 3.65. The lowest BCUT2D eigenvalue weighted by Crippen LogP contribution is -2.39. The van der Waals surface area contributed by atoms with Gasteiger partial charge in [0, 0.05) is 38.1 Å². The third-order valence-electron chi connectivity index (χ3n) is 4.02. The molecule has 0 radical (unpaired) electrons. The monoisotopic (exact) mass is 352 g/mol. The van der Waals surface area contributed by atoms with Gasteiger partial charge in [0.15, 0.2) is 0 Å². The second-order valence-electron chi connectivity index (χ2n) is 5.64. The van der Waals surface area contributed by atoms with Gasteiger partial charge >= 0.3 is 5.82 Å². The molecule has 1 saturated heterocycles. The van der Waals surface area contributed by atoms with Crippen molar-refractivity contribution in [2.24, 2.45) is 0 Å². The van der Waals surface area contributed by atoms with Gasteiger partial charge in [0.25, 0.3) is 4.96 Å². The van der Waals surface area contributed by atoms with Gasteiger partial charge in [0.2, 0.25) is 11.7 Å². The largest absolute Gasteiger partial charge is 0.373 e. The van der Waals surface area contributed by atoms with Crippen LogP contribution in [0, 0.1) is 10.1 Å². The smallest absolute Gasteiger partial charge is 0.358 e. The lowest BCUT2D eigenvalue weighted by molar-refractivity contribution is -0.389. The van der Waals surface area contributed by atoms with E-state index in [9.17, 15) is 14.9 Å². The molecule has 0 saturated carbocycles. The van der Waals surface area contributed by atoms with Crippen molar-refractivity contribution in [2.45, 2.75) is 13.3 Å². The number of nitrogens with zero attached hydrogens (tertiary/aromatic N) is 5. The molecule has 24 heavy (non-hydrogen) atoms. The number of imidazole rings is 1. The van der Waals surface area contributed by atoms with E-state index in [-0.39, 0.29) is 16.6 Å². The van der Waals surface area contributed by atoms with Crippen molar-refractivity contribution >= 4 is 33.8 Å². The Morgan fingerprint density at radius 3 is 3.00 bits per heavy atom. The summed E-state index contributed by atoms with van der Waals surface area (Å²) in [6, 6.07) is 0. The van der Waals surface area contributed by atoms with E-state index >= 15 is 0 Å². The molecule has 0 aliphatic carbocycles. The number of likely N-dealkylation sites (N-methyl/N-ethyl adjacent to an activating group) is 1. The van der Waals surface area contributed by atoms with Crippen molar-refractivity contribution in [1.82, 2.24) is 19.6 Å². The normalized spacial score (nSPS) is 16.3. The number of thiazole rings is 1. The van der Waals surface area contributed by atoms with Crippen LogP contribution in [0.2, 0.25) is 0 Å². The summed E-state index contributed by atoms with van der Waals surface area (Å²) in [6.07, 6.45) is 2.51. The minimum atomic E-state index is -0.376. The summed E-state index contributed by atoms with van der Waals surface area (Å²) in [4.78, 5) is 31.9. The minimum absolute atomic E-state index is 0.0134. The van der Waals surface area contributed by atoms with Crippen LogP contribution in [-0.2, 0) is 4.79 Å². The first kappa shape index (κ1) is 16.7. The molecule has 1 N–H and O–H groups in total. The molecule has 3 rings (SSSR count). The molecule has 1 aliphatic rings. The van der Waals surface area contributed by atoms with Gasteiger partial charge in [-0.25, -0.2) is 0 Å². The first-order valence-corrected chi connectivity index (χ1v) is 8.82. The molecule has 2 aromatic rings. The molecule has 0 unspecified atom stereocenters. The Bertz CT molecular complexity index is 742. The number of nitrogens with one attached hydrogen (secondary N) is 1. The Morgan fingerprint density at radius 1 is 1.42 bits per heavy atom. The number of anilines is 1. The van der Waals surface area contributed by atoms with Crippen molar-refractivity contribution in [3.05, 3.63) is 21.7 Å². The van der Waals surface area contributed by atoms with Gasteiger partial charge in [-0.05, 0) is 18.3 Å². The minimum Gasteiger partial charge on any atom is -0.358 e. The third-order valence-corrected chi connectivity index (χ3v) is 4.78. The van der Waals surface area contributed by atoms with Gasteiger partial charge < -0.3 is 20.3 Å².